The normalized spacial score (nSPS) is 19.9. The summed E-state index contributed by atoms with van der Waals surface area (Å²) in [5.74, 6) is -1.85. The van der Waals surface area contributed by atoms with Crippen molar-refractivity contribution < 1.29 is 63.5 Å². The molecule has 7 nitrogen and oxygen atoms in total. The Hall–Kier alpha value is -1.99. The number of nitrogens with zero attached hydrogens (tertiary/aromatic N) is 1. The van der Waals surface area contributed by atoms with Gasteiger partial charge in [0.25, 0.3) is 5.91 Å². The molecule has 0 bridgehead atoms. The maximum Gasteiger partial charge on any atom is 0.275 e. The molecule has 0 atom stereocenters. The van der Waals surface area contributed by atoms with Gasteiger partial charge in [0.05, 0.1) is 5.41 Å². The molecule has 3 N–H and O–H groups in total. The fraction of sp³-hybridized carbons (Fsp3) is 0.542. The number of phenols is 1. The summed E-state index contributed by atoms with van der Waals surface area (Å²) in [5.41, 5.74) is -0.930. The third-order valence-electron chi connectivity index (χ3n) is 6.39. The van der Waals surface area contributed by atoms with E-state index in [1.165, 1.54) is 6.07 Å². The van der Waals surface area contributed by atoms with Crippen LogP contribution >= 0.6 is 0 Å². The number of aromatic nitrogens is 1. The molecule has 1 aromatic heterocycles. The number of carbonyl (C=O) groups is 2. The molecule has 1 heterocycles. The molecule has 11 heteroatoms. The molecule has 0 spiro atoms. The third-order valence-corrected chi connectivity index (χ3v) is 6.39. The quantitative estimate of drug-likeness (QED) is 0.331. The Morgan fingerprint density at radius 3 is 2.51 bits per heavy atom. The van der Waals surface area contributed by atoms with Crippen LogP contribution in [0.3, 0.4) is 0 Å². The minimum absolute atomic E-state index is 0. The van der Waals surface area contributed by atoms with E-state index in [0.717, 1.165) is 5.56 Å². The Labute approximate surface area is 226 Å². The van der Waals surface area contributed by atoms with E-state index in [4.69, 9.17) is 4.52 Å². The van der Waals surface area contributed by atoms with E-state index in [-0.39, 0.29) is 91.2 Å². The summed E-state index contributed by atoms with van der Waals surface area (Å²) in [6.45, 7) is 4.76. The molecule has 1 aliphatic carbocycles. The molecule has 0 radical (unpaired) electrons. The van der Waals surface area contributed by atoms with Crippen LogP contribution in [-0.2, 0) is 4.79 Å². The summed E-state index contributed by atoms with van der Waals surface area (Å²) in [7, 11) is 0. The zero-order valence-corrected chi connectivity index (χ0v) is 24.0. The van der Waals surface area contributed by atoms with Crippen molar-refractivity contribution in [3.05, 3.63) is 29.5 Å². The standard InChI is InChI=1S/C24H29F3N3O4.U/c1-4-28-22(33)19-18(20(34-30-19)16-11-15(13(2)3)5-6-17(16)31)29-21(32)14-7-9-24(12-25,10-8-14)23(26)27;/h6,11,13-14,23,31H,4,7-10,12H2,1-3H3,(H,28,33)(H,29,32);/q-1;. The number of halogens is 3. The van der Waals surface area contributed by atoms with Gasteiger partial charge in [-0.1, -0.05) is 19.0 Å². The molecular formula is C24H29F3N3O4U-. The average molecular weight is 719 g/mol. The molecule has 0 unspecified atom stereocenters. The van der Waals surface area contributed by atoms with Crippen LogP contribution in [0.2, 0.25) is 0 Å². The maximum atomic E-state index is 13.4. The minimum Gasteiger partial charge on any atom is -0.565 e. The molecular weight excluding hydrogens is 689 g/mol. The van der Waals surface area contributed by atoms with Gasteiger partial charge in [-0.2, -0.15) is 17.7 Å². The van der Waals surface area contributed by atoms with Gasteiger partial charge in [-0.3, -0.25) is 14.0 Å². The van der Waals surface area contributed by atoms with Crippen molar-refractivity contribution in [3.8, 4) is 17.1 Å². The predicted octanol–water partition coefficient (Wildman–Crippen LogP) is 5.07. The number of amides is 2. The number of aromatic hydroxyl groups is 1. The van der Waals surface area contributed by atoms with Gasteiger partial charge in [-0.25, -0.2) is 8.78 Å². The van der Waals surface area contributed by atoms with Gasteiger partial charge in [-0.05, 0) is 44.1 Å². The molecule has 35 heavy (non-hydrogen) atoms. The van der Waals surface area contributed by atoms with E-state index < -0.39 is 36.2 Å². The Bertz CT molecular complexity index is 1040. The second kappa shape index (κ2) is 12.3. The molecule has 1 aliphatic rings. The number of benzene rings is 1. The van der Waals surface area contributed by atoms with Crippen LogP contribution < -0.4 is 10.6 Å². The van der Waals surface area contributed by atoms with Gasteiger partial charge in [0.1, 0.15) is 12.4 Å². The number of alkyl halides is 3. The minimum atomic E-state index is -2.80. The monoisotopic (exact) mass is 718 g/mol. The first-order valence-electron chi connectivity index (χ1n) is 11.3. The fourth-order valence-corrected chi connectivity index (χ4v) is 4.10. The first kappa shape index (κ1) is 29.2. The van der Waals surface area contributed by atoms with Crippen molar-refractivity contribution in [2.75, 3.05) is 18.5 Å². The molecule has 0 saturated heterocycles. The van der Waals surface area contributed by atoms with Gasteiger partial charge in [-0.15, -0.1) is 6.07 Å². The van der Waals surface area contributed by atoms with Gasteiger partial charge >= 0.3 is 0 Å². The van der Waals surface area contributed by atoms with Gasteiger partial charge < -0.3 is 20.3 Å². The van der Waals surface area contributed by atoms with Crippen LogP contribution in [0.1, 0.15) is 68.4 Å². The summed E-state index contributed by atoms with van der Waals surface area (Å²) in [4.78, 5) is 25.6. The van der Waals surface area contributed by atoms with Crippen LogP contribution in [0.5, 0.6) is 5.75 Å². The maximum absolute atomic E-state index is 13.4. The number of hydrogen-bond donors (Lipinski definition) is 3. The fourth-order valence-electron chi connectivity index (χ4n) is 4.10. The second-order valence-electron chi connectivity index (χ2n) is 9.00. The van der Waals surface area contributed by atoms with E-state index in [1.807, 2.05) is 13.8 Å². The Balaban J connectivity index is 0.00000432. The Morgan fingerprint density at radius 1 is 1.31 bits per heavy atom. The van der Waals surface area contributed by atoms with Crippen molar-refractivity contribution in [2.24, 2.45) is 11.3 Å². The van der Waals surface area contributed by atoms with E-state index in [0.29, 0.717) is 6.54 Å². The topological polar surface area (TPSA) is 104 Å². The van der Waals surface area contributed by atoms with Gasteiger partial charge in [0.15, 0.2) is 11.5 Å². The van der Waals surface area contributed by atoms with Crippen LogP contribution in [-0.4, -0.2) is 41.7 Å². The molecule has 0 aliphatic heterocycles. The van der Waals surface area contributed by atoms with Crippen LogP contribution in [0.4, 0.5) is 18.9 Å². The van der Waals surface area contributed by atoms with Crippen molar-refractivity contribution in [1.82, 2.24) is 10.5 Å². The molecule has 1 aromatic carbocycles. The predicted molar refractivity (Wildman–Crippen MR) is 120 cm³/mol. The summed E-state index contributed by atoms with van der Waals surface area (Å²) in [6.07, 6.45) is -2.87. The van der Waals surface area contributed by atoms with E-state index >= 15 is 0 Å². The number of carbonyl (C=O) groups excluding carboxylic acids is 2. The van der Waals surface area contributed by atoms with Crippen LogP contribution in [0, 0.1) is 48.5 Å². The van der Waals surface area contributed by atoms with Crippen molar-refractivity contribution in [1.29, 1.82) is 0 Å². The largest absolute Gasteiger partial charge is 0.565 e. The average Bonchev–Trinajstić information content (AvgIpc) is 3.22. The van der Waals surface area contributed by atoms with E-state index in [2.05, 4.69) is 21.9 Å². The molecule has 1 fully saturated rings. The zero-order chi connectivity index (χ0) is 25.0. The molecule has 2 aromatic rings. The summed E-state index contributed by atoms with van der Waals surface area (Å²) >= 11 is 0. The Morgan fingerprint density at radius 2 is 1.97 bits per heavy atom. The number of rotatable bonds is 8. The second-order valence-corrected chi connectivity index (χ2v) is 9.00. The molecule has 2 amide bonds. The molecule has 190 valence electrons. The van der Waals surface area contributed by atoms with Crippen LogP contribution in [0.15, 0.2) is 16.7 Å². The van der Waals surface area contributed by atoms with E-state index in [9.17, 15) is 27.9 Å². The van der Waals surface area contributed by atoms with Gasteiger partial charge in [0.2, 0.25) is 12.3 Å². The zero-order valence-electron chi connectivity index (χ0n) is 19.9. The molecule has 3 rings (SSSR count). The van der Waals surface area contributed by atoms with Crippen molar-refractivity contribution in [3.63, 3.8) is 0 Å². The third kappa shape index (κ3) is 6.23. The van der Waals surface area contributed by atoms with Crippen molar-refractivity contribution in [2.45, 2.75) is 58.8 Å². The molecule has 1 saturated carbocycles. The van der Waals surface area contributed by atoms with E-state index in [1.54, 1.807) is 13.0 Å². The first-order valence-corrected chi connectivity index (χ1v) is 11.3. The number of anilines is 1. The summed E-state index contributed by atoms with van der Waals surface area (Å²) < 4.78 is 45.4. The van der Waals surface area contributed by atoms with Gasteiger partial charge in [0, 0.05) is 49.3 Å². The smallest absolute Gasteiger partial charge is 0.275 e. The summed E-state index contributed by atoms with van der Waals surface area (Å²) in [5, 5.41) is 19.5. The Kier molecular flexibility index (Phi) is 10.3. The van der Waals surface area contributed by atoms with Crippen molar-refractivity contribution >= 4 is 17.5 Å². The SMILES string of the molecule is CCNC(=O)c1noc(-c2cc(C(C)C)[c-]cc2O)c1NC(=O)C1CCC(CF)(C(F)F)CC1.[U]. The first-order chi connectivity index (χ1) is 16.1. The number of phenolic OH excluding ortho intramolecular Hbond substituents is 1. The number of nitrogens with one attached hydrogen (secondary N) is 2. The summed E-state index contributed by atoms with van der Waals surface area (Å²) in [6, 6.07) is 5.96. The van der Waals surface area contributed by atoms with Crippen LogP contribution in [0.25, 0.3) is 11.3 Å². The number of hydrogen-bond acceptors (Lipinski definition) is 5.